The average Bonchev–Trinajstić information content (AvgIpc) is 3.19. The van der Waals surface area contributed by atoms with E-state index in [-0.39, 0.29) is 11.3 Å². The zero-order valence-electron chi connectivity index (χ0n) is 14.3. The van der Waals surface area contributed by atoms with E-state index in [4.69, 9.17) is 0 Å². The van der Waals surface area contributed by atoms with Crippen LogP contribution < -0.4 is 4.18 Å². The summed E-state index contributed by atoms with van der Waals surface area (Å²) in [5.74, 6) is 0.431. The van der Waals surface area contributed by atoms with Crippen molar-refractivity contribution in [3.63, 3.8) is 0 Å². The highest BCUT2D eigenvalue weighted by molar-refractivity contribution is 7.88. The number of halogens is 3. The second-order valence-electron chi connectivity index (χ2n) is 7.06. The lowest BCUT2D eigenvalue weighted by atomic mass is 9.98. The first kappa shape index (κ1) is 18.1. The highest BCUT2D eigenvalue weighted by atomic mass is 32.2. The molecule has 2 aliphatic rings. The number of hydrogen-bond acceptors (Lipinski definition) is 4. The summed E-state index contributed by atoms with van der Waals surface area (Å²) in [6.45, 7) is 3.07. The van der Waals surface area contributed by atoms with E-state index < -0.39 is 21.4 Å². The van der Waals surface area contributed by atoms with Gasteiger partial charge in [-0.1, -0.05) is 18.2 Å². The maximum Gasteiger partial charge on any atom is 0.534 e. The van der Waals surface area contributed by atoms with Crippen LogP contribution in [0.25, 0.3) is 10.8 Å². The Bertz CT molecular complexity index is 1040. The van der Waals surface area contributed by atoms with Crippen molar-refractivity contribution in [3.8, 4) is 5.75 Å². The molecule has 1 aliphatic heterocycles. The molecule has 4 rings (SSSR count). The molecule has 2 aromatic carbocycles. The lowest BCUT2D eigenvalue weighted by Crippen LogP contribution is -2.30. The summed E-state index contributed by atoms with van der Waals surface area (Å²) in [6.07, 6.45) is 1.13. The molecule has 2 fully saturated rings. The minimum absolute atomic E-state index is 0.151. The van der Waals surface area contributed by atoms with E-state index >= 15 is 0 Å². The lowest BCUT2D eigenvalue weighted by molar-refractivity contribution is -0.0499. The van der Waals surface area contributed by atoms with Crippen LogP contribution in [0, 0.1) is 18.8 Å². The maximum absolute atomic E-state index is 12.9. The Balaban J connectivity index is 1.78. The topological polar surface area (TPSA) is 63.7 Å². The van der Waals surface area contributed by atoms with Crippen LogP contribution in [0.4, 0.5) is 13.2 Å². The fourth-order valence-corrected chi connectivity index (χ4v) is 4.19. The first-order chi connectivity index (χ1) is 12.6. The molecular weight excluding hydrogens is 383 g/mol. The summed E-state index contributed by atoms with van der Waals surface area (Å²) in [5, 5.41) is 0.552. The van der Waals surface area contributed by atoms with Crippen molar-refractivity contribution >= 4 is 26.8 Å². The summed E-state index contributed by atoms with van der Waals surface area (Å²) in [4.78, 5) is 14.7. The third-order valence-electron chi connectivity index (χ3n) is 5.19. The molecule has 1 heterocycles. The molecule has 9 heteroatoms. The zero-order valence-corrected chi connectivity index (χ0v) is 15.1. The third kappa shape index (κ3) is 3.03. The van der Waals surface area contributed by atoms with Crippen molar-refractivity contribution in [1.82, 2.24) is 4.90 Å². The van der Waals surface area contributed by atoms with E-state index in [1.54, 1.807) is 24.0 Å². The van der Waals surface area contributed by atoms with Crippen LogP contribution in [0.2, 0.25) is 0 Å². The number of aryl methyl sites for hydroxylation is 1. The van der Waals surface area contributed by atoms with Crippen molar-refractivity contribution in [3.05, 3.63) is 41.5 Å². The van der Waals surface area contributed by atoms with Gasteiger partial charge in [-0.2, -0.15) is 21.6 Å². The van der Waals surface area contributed by atoms with Crippen LogP contribution in [-0.2, 0) is 10.1 Å². The first-order valence-electron chi connectivity index (χ1n) is 8.41. The Morgan fingerprint density at radius 3 is 2.44 bits per heavy atom. The highest BCUT2D eigenvalue weighted by Gasteiger charge is 2.49. The van der Waals surface area contributed by atoms with Gasteiger partial charge >= 0.3 is 15.6 Å². The average molecular weight is 399 g/mol. The molecule has 0 N–H and O–H groups in total. The van der Waals surface area contributed by atoms with Crippen molar-refractivity contribution in [2.24, 2.45) is 11.8 Å². The van der Waals surface area contributed by atoms with Gasteiger partial charge in [0.05, 0.1) is 0 Å². The van der Waals surface area contributed by atoms with E-state index in [1.165, 1.54) is 12.1 Å². The fraction of sp³-hybridized carbons (Fsp3) is 0.389. The number of fused-ring (bicyclic) bond motifs is 2. The van der Waals surface area contributed by atoms with Gasteiger partial charge in [-0.25, -0.2) is 0 Å². The predicted molar refractivity (Wildman–Crippen MR) is 91.8 cm³/mol. The minimum atomic E-state index is -5.80. The molecule has 27 heavy (non-hydrogen) atoms. The van der Waals surface area contributed by atoms with Gasteiger partial charge in [-0.3, -0.25) is 4.79 Å². The van der Waals surface area contributed by atoms with Gasteiger partial charge in [0.25, 0.3) is 5.91 Å². The van der Waals surface area contributed by atoms with Crippen LogP contribution in [0.3, 0.4) is 0 Å². The Morgan fingerprint density at radius 1 is 1.15 bits per heavy atom. The largest absolute Gasteiger partial charge is 0.534 e. The molecule has 2 unspecified atom stereocenters. The minimum Gasteiger partial charge on any atom is -0.375 e. The molecule has 2 atom stereocenters. The van der Waals surface area contributed by atoms with Crippen LogP contribution in [0.5, 0.6) is 5.75 Å². The molecule has 1 aliphatic carbocycles. The van der Waals surface area contributed by atoms with Gasteiger partial charge in [0.15, 0.2) is 5.75 Å². The second-order valence-corrected chi connectivity index (χ2v) is 8.60. The number of hydrogen-bond donors (Lipinski definition) is 0. The molecule has 0 bridgehead atoms. The van der Waals surface area contributed by atoms with Gasteiger partial charge in [0.2, 0.25) is 0 Å². The standard InChI is InChI=1S/C18H16F3NO4S/c1-10-3-2-4-13-15(26-27(24,25)18(19,20)21)6-5-14(16(10)13)17(23)22-8-11-7-12(11)9-22/h2-6,11-12H,7-9H2,1H3. The Morgan fingerprint density at radius 2 is 1.81 bits per heavy atom. The number of carbonyl (C=O) groups is 1. The Hall–Kier alpha value is -2.29. The van der Waals surface area contributed by atoms with Crippen molar-refractivity contribution in [1.29, 1.82) is 0 Å². The van der Waals surface area contributed by atoms with Gasteiger partial charge in [-0.05, 0) is 42.9 Å². The highest BCUT2D eigenvalue weighted by Crippen LogP contribution is 2.45. The van der Waals surface area contributed by atoms with Crippen molar-refractivity contribution in [2.75, 3.05) is 13.1 Å². The molecule has 0 spiro atoms. The van der Waals surface area contributed by atoms with E-state index in [1.807, 2.05) is 0 Å². The summed E-state index contributed by atoms with van der Waals surface area (Å²) < 4.78 is 65.2. The van der Waals surface area contributed by atoms with Crippen LogP contribution in [-0.4, -0.2) is 37.8 Å². The fourth-order valence-electron chi connectivity index (χ4n) is 3.71. The van der Waals surface area contributed by atoms with E-state index in [9.17, 15) is 26.4 Å². The predicted octanol–water partition coefficient (Wildman–Crippen LogP) is 3.47. The second kappa shape index (κ2) is 5.85. The number of rotatable bonds is 3. The molecule has 0 radical (unpaired) electrons. The van der Waals surface area contributed by atoms with Gasteiger partial charge in [0, 0.05) is 29.4 Å². The molecule has 2 aromatic rings. The Kier molecular flexibility index (Phi) is 3.92. The normalized spacial score (nSPS) is 22.0. The SMILES string of the molecule is Cc1cccc2c(OS(=O)(=O)C(F)(F)F)ccc(C(=O)N3CC4CC4C3)c12. The summed E-state index contributed by atoms with van der Waals surface area (Å²) in [7, 11) is -5.80. The number of likely N-dealkylation sites (tertiary alicyclic amines) is 1. The van der Waals surface area contributed by atoms with Gasteiger partial charge < -0.3 is 9.08 Å². The number of amides is 1. The van der Waals surface area contributed by atoms with E-state index in [0.29, 0.717) is 41.4 Å². The molecule has 1 saturated heterocycles. The Labute approximate surface area is 153 Å². The third-order valence-corrected chi connectivity index (χ3v) is 6.15. The maximum atomic E-state index is 12.9. The molecule has 1 saturated carbocycles. The van der Waals surface area contributed by atoms with Gasteiger partial charge in [-0.15, -0.1) is 0 Å². The van der Waals surface area contributed by atoms with E-state index in [0.717, 1.165) is 12.5 Å². The van der Waals surface area contributed by atoms with Crippen molar-refractivity contribution in [2.45, 2.75) is 18.9 Å². The number of alkyl halides is 3. The molecule has 5 nitrogen and oxygen atoms in total. The smallest absolute Gasteiger partial charge is 0.375 e. The van der Waals surface area contributed by atoms with Crippen LogP contribution >= 0.6 is 0 Å². The van der Waals surface area contributed by atoms with Gasteiger partial charge in [0.1, 0.15) is 0 Å². The number of piperidine rings is 1. The lowest BCUT2D eigenvalue weighted by Gasteiger charge is -2.20. The number of carbonyl (C=O) groups excluding carboxylic acids is 1. The number of nitrogens with zero attached hydrogens (tertiary/aromatic N) is 1. The summed E-state index contributed by atoms with van der Waals surface area (Å²) >= 11 is 0. The molecular formula is C18H16F3NO4S. The quantitative estimate of drug-likeness (QED) is 0.586. The van der Waals surface area contributed by atoms with E-state index in [2.05, 4.69) is 4.18 Å². The zero-order chi connectivity index (χ0) is 19.6. The first-order valence-corrected chi connectivity index (χ1v) is 9.81. The molecule has 0 aromatic heterocycles. The van der Waals surface area contributed by atoms with Crippen molar-refractivity contribution < 1.29 is 30.6 Å². The number of benzene rings is 2. The summed E-state index contributed by atoms with van der Waals surface area (Å²) in [6, 6.07) is 7.17. The summed E-state index contributed by atoms with van der Waals surface area (Å²) in [5.41, 5.74) is -4.55. The van der Waals surface area contributed by atoms with Crippen LogP contribution in [0.1, 0.15) is 22.3 Å². The molecule has 144 valence electrons. The van der Waals surface area contributed by atoms with Crippen LogP contribution in [0.15, 0.2) is 30.3 Å². The molecule has 1 amide bonds. The monoisotopic (exact) mass is 399 g/mol.